The number of hydrogen-bond acceptors (Lipinski definition) is 7. The number of carbonyl (C=O) groups is 2. The summed E-state index contributed by atoms with van der Waals surface area (Å²) in [6.45, 7) is 2.09. The van der Waals surface area contributed by atoms with Crippen LogP contribution in [0.3, 0.4) is 0 Å². The molecule has 3 aliphatic rings. The van der Waals surface area contributed by atoms with Crippen molar-refractivity contribution >= 4 is 41.4 Å². The Morgan fingerprint density at radius 3 is 2.81 bits per heavy atom. The molecule has 2 aliphatic heterocycles. The zero-order chi connectivity index (χ0) is 18.5. The quantitative estimate of drug-likeness (QED) is 0.546. The standard InChI is InChI=1S/C17H17N7O2S/c1-8-2-5-12(27-8)13-21-14-9(6-11-15(25)23-17(26)20-11)7-18-24(14)16(22-13)19-10-3-4-10/h2,6-7,10,12H,3-5H2,1H3,(H,19,21,22)(H2,20,23,25,26)/b11-6-. The molecule has 4 heterocycles. The Bertz CT molecular complexity index is 1040. The lowest BCUT2D eigenvalue weighted by atomic mass is 10.2. The first kappa shape index (κ1) is 16.3. The number of carbonyl (C=O) groups excluding carboxylic acids is 2. The fourth-order valence-electron chi connectivity index (χ4n) is 3.05. The molecule has 1 saturated heterocycles. The zero-order valence-corrected chi connectivity index (χ0v) is 15.3. The fraction of sp³-hybridized carbons (Fsp3) is 0.353. The SMILES string of the molecule is CC1=CCC(c2nc(NC3CC3)n3ncc(/C=C4\NC(=O)NC4=O)c3n2)S1. The molecule has 2 aromatic heterocycles. The Labute approximate surface area is 158 Å². The van der Waals surface area contributed by atoms with Crippen molar-refractivity contribution < 1.29 is 9.59 Å². The molecular formula is C17H17N7O2S. The van der Waals surface area contributed by atoms with Crippen molar-refractivity contribution in [3.05, 3.63) is 34.3 Å². The van der Waals surface area contributed by atoms with Crippen LogP contribution in [0.5, 0.6) is 0 Å². The van der Waals surface area contributed by atoms with Crippen molar-refractivity contribution in [3.63, 3.8) is 0 Å². The Balaban J connectivity index is 1.59. The maximum atomic E-state index is 11.8. The molecule has 1 atom stereocenters. The summed E-state index contributed by atoms with van der Waals surface area (Å²) in [6, 6.07) is -0.115. The van der Waals surface area contributed by atoms with Gasteiger partial charge in [-0.3, -0.25) is 10.1 Å². The summed E-state index contributed by atoms with van der Waals surface area (Å²) in [6.07, 6.45) is 8.52. The summed E-state index contributed by atoms with van der Waals surface area (Å²) in [4.78, 5) is 33.9. The molecule has 5 rings (SSSR count). The number of urea groups is 1. The fourth-order valence-corrected chi connectivity index (χ4v) is 4.09. The molecule has 1 saturated carbocycles. The average Bonchev–Trinajstić information content (AvgIpc) is 3.04. The van der Waals surface area contributed by atoms with Crippen LogP contribution in [-0.2, 0) is 4.79 Å². The molecule has 0 bridgehead atoms. The van der Waals surface area contributed by atoms with Gasteiger partial charge in [0.05, 0.1) is 11.4 Å². The summed E-state index contributed by atoms with van der Waals surface area (Å²) in [5.41, 5.74) is 1.44. The van der Waals surface area contributed by atoms with Gasteiger partial charge < -0.3 is 10.6 Å². The van der Waals surface area contributed by atoms with Gasteiger partial charge in [-0.15, -0.1) is 11.8 Å². The van der Waals surface area contributed by atoms with E-state index in [1.807, 2.05) is 0 Å². The largest absolute Gasteiger partial charge is 0.351 e. The van der Waals surface area contributed by atoms with E-state index >= 15 is 0 Å². The van der Waals surface area contributed by atoms with Gasteiger partial charge in [0.15, 0.2) is 5.65 Å². The minimum atomic E-state index is -0.530. The summed E-state index contributed by atoms with van der Waals surface area (Å²) >= 11 is 1.75. The second-order valence-electron chi connectivity index (χ2n) is 6.78. The van der Waals surface area contributed by atoms with Gasteiger partial charge in [-0.25, -0.2) is 9.78 Å². The molecule has 0 spiro atoms. The van der Waals surface area contributed by atoms with Crippen molar-refractivity contribution in [1.82, 2.24) is 30.2 Å². The lowest BCUT2D eigenvalue weighted by molar-refractivity contribution is -0.115. The van der Waals surface area contributed by atoms with Crippen LogP contribution in [-0.4, -0.2) is 37.6 Å². The zero-order valence-electron chi connectivity index (χ0n) is 14.5. The van der Waals surface area contributed by atoms with E-state index in [2.05, 4.69) is 34.0 Å². The van der Waals surface area contributed by atoms with Gasteiger partial charge in [-0.1, -0.05) is 6.08 Å². The van der Waals surface area contributed by atoms with E-state index in [1.165, 1.54) is 4.91 Å². The minimum Gasteiger partial charge on any atom is -0.351 e. The van der Waals surface area contributed by atoms with Crippen LogP contribution < -0.4 is 16.0 Å². The number of anilines is 1. The van der Waals surface area contributed by atoms with E-state index < -0.39 is 11.9 Å². The predicted octanol–water partition coefficient (Wildman–Crippen LogP) is 1.96. The Morgan fingerprint density at radius 2 is 2.15 bits per heavy atom. The van der Waals surface area contributed by atoms with Crippen LogP contribution in [0.2, 0.25) is 0 Å². The molecule has 10 heteroatoms. The van der Waals surface area contributed by atoms with Crippen LogP contribution in [0, 0.1) is 0 Å². The number of aromatic nitrogens is 4. The van der Waals surface area contributed by atoms with Crippen molar-refractivity contribution in [2.75, 3.05) is 5.32 Å². The number of hydrogen-bond donors (Lipinski definition) is 3. The highest BCUT2D eigenvalue weighted by Crippen LogP contribution is 2.42. The smallest absolute Gasteiger partial charge is 0.326 e. The van der Waals surface area contributed by atoms with Gasteiger partial charge >= 0.3 is 6.03 Å². The number of amides is 3. The number of fused-ring (bicyclic) bond motifs is 1. The molecule has 2 aromatic rings. The highest BCUT2D eigenvalue weighted by molar-refractivity contribution is 8.03. The van der Waals surface area contributed by atoms with Crippen LogP contribution in [0.1, 0.15) is 42.8 Å². The van der Waals surface area contributed by atoms with Gasteiger partial charge in [0.2, 0.25) is 5.95 Å². The van der Waals surface area contributed by atoms with E-state index in [-0.39, 0.29) is 10.9 Å². The summed E-state index contributed by atoms with van der Waals surface area (Å²) in [5.74, 6) is 0.937. The van der Waals surface area contributed by atoms with Crippen molar-refractivity contribution in [1.29, 1.82) is 0 Å². The normalized spacial score (nSPS) is 23.7. The molecule has 0 aromatic carbocycles. The maximum Gasteiger partial charge on any atom is 0.326 e. The van der Waals surface area contributed by atoms with Gasteiger partial charge in [0, 0.05) is 11.6 Å². The molecule has 1 unspecified atom stereocenters. The first-order valence-electron chi connectivity index (χ1n) is 8.76. The predicted molar refractivity (Wildman–Crippen MR) is 101 cm³/mol. The van der Waals surface area contributed by atoms with Gasteiger partial charge in [-0.2, -0.15) is 14.6 Å². The third-order valence-corrected chi connectivity index (χ3v) is 5.80. The summed E-state index contributed by atoms with van der Waals surface area (Å²) < 4.78 is 1.66. The highest BCUT2D eigenvalue weighted by atomic mass is 32.2. The van der Waals surface area contributed by atoms with Crippen LogP contribution >= 0.6 is 11.8 Å². The van der Waals surface area contributed by atoms with Gasteiger partial charge in [0.1, 0.15) is 11.5 Å². The number of nitrogens with one attached hydrogen (secondary N) is 3. The maximum absolute atomic E-state index is 11.8. The lowest BCUT2D eigenvalue weighted by Gasteiger charge is -2.12. The van der Waals surface area contributed by atoms with Crippen molar-refractivity contribution in [2.45, 2.75) is 37.5 Å². The van der Waals surface area contributed by atoms with E-state index in [9.17, 15) is 9.59 Å². The first-order valence-corrected chi connectivity index (χ1v) is 9.64. The summed E-state index contributed by atoms with van der Waals surface area (Å²) in [5, 5.41) is 12.7. The number of imide groups is 1. The van der Waals surface area contributed by atoms with Crippen LogP contribution in [0.25, 0.3) is 11.7 Å². The third-order valence-electron chi connectivity index (χ3n) is 4.58. The Morgan fingerprint density at radius 1 is 1.30 bits per heavy atom. The molecule has 2 fully saturated rings. The topological polar surface area (TPSA) is 113 Å². The lowest BCUT2D eigenvalue weighted by Crippen LogP contribution is -2.22. The van der Waals surface area contributed by atoms with Crippen molar-refractivity contribution in [2.24, 2.45) is 0 Å². The second kappa shape index (κ2) is 6.08. The summed E-state index contributed by atoms with van der Waals surface area (Å²) in [7, 11) is 0. The van der Waals surface area contributed by atoms with E-state index in [4.69, 9.17) is 9.97 Å². The Kier molecular flexibility index (Phi) is 3.67. The van der Waals surface area contributed by atoms with Crippen molar-refractivity contribution in [3.8, 4) is 0 Å². The minimum absolute atomic E-state index is 0.166. The molecule has 9 nitrogen and oxygen atoms in total. The second-order valence-corrected chi connectivity index (χ2v) is 8.23. The molecular weight excluding hydrogens is 366 g/mol. The molecule has 1 aliphatic carbocycles. The van der Waals surface area contributed by atoms with E-state index in [0.717, 1.165) is 25.1 Å². The molecule has 138 valence electrons. The first-order chi connectivity index (χ1) is 13.1. The molecule has 3 amide bonds. The monoisotopic (exact) mass is 383 g/mol. The van der Waals surface area contributed by atoms with E-state index in [0.29, 0.717) is 23.2 Å². The van der Waals surface area contributed by atoms with Crippen LogP contribution in [0.15, 0.2) is 22.9 Å². The molecule has 27 heavy (non-hydrogen) atoms. The molecule has 0 radical (unpaired) electrons. The van der Waals surface area contributed by atoms with Gasteiger partial charge in [0.25, 0.3) is 5.91 Å². The number of allylic oxidation sites excluding steroid dienone is 2. The molecule has 3 N–H and O–H groups in total. The average molecular weight is 383 g/mol. The third kappa shape index (κ3) is 3.05. The van der Waals surface area contributed by atoms with Gasteiger partial charge in [-0.05, 0) is 37.2 Å². The Hall–Kier alpha value is -2.88. The van der Waals surface area contributed by atoms with E-state index in [1.54, 1.807) is 28.6 Å². The van der Waals surface area contributed by atoms with Crippen LogP contribution in [0.4, 0.5) is 10.7 Å². The number of thioether (sulfide) groups is 1. The number of rotatable bonds is 4. The highest BCUT2D eigenvalue weighted by Gasteiger charge is 2.28. The number of nitrogens with zero attached hydrogens (tertiary/aromatic N) is 4.